The first-order valence-electron chi connectivity index (χ1n) is 11.9. The number of likely N-dealkylation sites (tertiary alicyclic amines) is 1. The lowest BCUT2D eigenvalue weighted by atomic mass is 9.91. The second-order valence-corrected chi connectivity index (χ2v) is 11.5. The fourth-order valence-electron chi connectivity index (χ4n) is 5.42. The minimum Gasteiger partial charge on any atom is -0.361 e. The van der Waals surface area contributed by atoms with Gasteiger partial charge in [0, 0.05) is 48.1 Å². The number of halogens is 1. The Morgan fingerprint density at radius 2 is 2.00 bits per heavy atom. The summed E-state index contributed by atoms with van der Waals surface area (Å²) in [6, 6.07) is 3.13. The number of benzene rings is 1. The summed E-state index contributed by atoms with van der Waals surface area (Å²) < 4.78 is 40.5. The molecule has 4 rings (SSSR count). The molecule has 34 heavy (non-hydrogen) atoms. The van der Waals surface area contributed by atoms with Crippen molar-refractivity contribution >= 4 is 32.7 Å². The van der Waals surface area contributed by atoms with Crippen LogP contribution < -0.4 is 5.32 Å². The number of aromatic amines is 1. The van der Waals surface area contributed by atoms with E-state index in [2.05, 4.69) is 10.3 Å². The number of nitrogens with zero attached hydrogens (tertiary/aromatic N) is 2. The smallest absolute Gasteiger partial charge is 0.245 e. The molecule has 186 valence electrons. The number of hydrogen-bond acceptors (Lipinski definition) is 4. The molecule has 0 bridgehead atoms. The molecule has 2 fully saturated rings. The van der Waals surface area contributed by atoms with Gasteiger partial charge in [0.1, 0.15) is 11.9 Å². The number of H-pyrrole nitrogens is 1. The third-order valence-electron chi connectivity index (χ3n) is 7.45. The molecule has 0 saturated carbocycles. The lowest BCUT2D eigenvalue weighted by Gasteiger charge is -2.32. The van der Waals surface area contributed by atoms with Crippen molar-refractivity contribution < 1.29 is 22.4 Å². The molecule has 1 aromatic heterocycles. The largest absolute Gasteiger partial charge is 0.361 e. The van der Waals surface area contributed by atoms with Gasteiger partial charge in [-0.25, -0.2) is 12.8 Å². The molecule has 8 nitrogen and oxygen atoms in total. The Bertz CT molecular complexity index is 1200. The van der Waals surface area contributed by atoms with Gasteiger partial charge < -0.3 is 15.2 Å². The van der Waals surface area contributed by atoms with Gasteiger partial charge >= 0.3 is 0 Å². The topological polar surface area (TPSA) is 103 Å². The van der Waals surface area contributed by atoms with E-state index in [-0.39, 0.29) is 48.1 Å². The number of carbonyl (C=O) groups excluding carboxylic acids is 2. The summed E-state index contributed by atoms with van der Waals surface area (Å²) >= 11 is 0. The van der Waals surface area contributed by atoms with Crippen LogP contribution in [0.15, 0.2) is 24.4 Å². The molecular weight excluding hydrogens is 459 g/mol. The molecule has 2 aliphatic heterocycles. The minimum atomic E-state index is -3.49. The number of hydrogen-bond donors (Lipinski definition) is 2. The maximum absolute atomic E-state index is 13.7. The second kappa shape index (κ2) is 9.30. The molecule has 0 spiro atoms. The van der Waals surface area contributed by atoms with Gasteiger partial charge in [-0.3, -0.25) is 9.59 Å². The van der Waals surface area contributed by atoms with Crippen LogP contribution in [-0.2, 0) is 19.6 Å². The normalized spacial score (nSPS) is 24.9. The SMILES string of the molecule is CC[C@@H](C)C(=O)N[C@@H](CC)C(=O)N1CC[C@@H]2[C@H]1[C@H](c1c[nH]c3cc(F)ccc13)CN2S(C)(=O)=O. The van der Waals surface area contributed by atoms with Gasteiger partial charge in [-0.1, -0.05) is 20.8 Å². The summed E-state index contributed by atoms with van der Waals surface area (Å²) in [6.45, 7) is 6.28. The molecule has 0 aliphatic carbocycles. The third kappa shape index (κ3) is 4.33. The molecule has 2 aromatic rings. The maximum Gasteiger partial charge on any atom is 0.245 e. The van der Waals surface area contributed by atoms with Crippen LogP contribution in [-0.4, -0.2) is 71.9 Å². The Kier molecular flexibility index (Phi) is 6.74. The van der Waals surface area contributed by atoms with E-state index in [1.165, 1.54) is 22.7 Å². The van der Waals surface area contributed by atoms with Gasteiger partial charge in [0.25, 0.3) is 0 Å². The van der Waals surface area contributed by atoms with Crippen LogP contribution in [0.4, 0.5) is 4.39 Å². The van der Waals surface area contributed by atoms with Crippen molar-refractivity contribution in [2.24, 2.45) is 5.92 Å². The zero-order valence-corrected chi connectivity index (χ0v) is 20.9. The monoisotopic (exact) mass is 492 g/mol. The summed E-state index contributed by atoms with van der Waals surface area (Å²) in [5.41, 5.74) is 1.50. The van der Waals surface area contributed by atoms with Gasteiger partial charge in [-0.15, -0.1) is 0 Å². The number of fused-ring (bicyclic) bond motifs is 2. The Balaban J connectivity index is 1.69. The quantitative estimate of drug-likeness (QED) is 0.620. The highest BCUT2D eigenvalue weighted by Crippen LogP contribution is 2.44. The average molecular weight is 493 g/mol. The number of nitrogens with one attached hydrogen (secondary N) is 2. The molecule has 0 radical (unpaired) electrons. The van der Waals surface area contributed by atoms with Gasteiger partial charge in [-0.05, 0) is 43.0 Å². The predicted molar refractivity (Wildman–Crippen MR) is 128 cm³/mol. The Morgan fingerprint density at radius 1 is 1.26 bits per heavy atom. The second-order valence-electron chi connectivity index (χ2n) is 9.53. The fourth-order valence-corrected chi connectivity index (χ4v) is 6.58. The summed E-state index contributed by atoms with van der Waals surface area (Å²) in [5, 5.41) is 3.71. The lowest BCUT2D eigenvalue weighted by molar-refractivity contribution is -0.138. The maximum atomic E-state index is 13.7. The summed E-state index contributed by atoms with van der Waals surface area (Å²) in [7, 11) is -3.49. The lowest BCUT2D eigenvalue weighted by Crippen LogP contribution is -2.52. The van der Waals surface area contributed by atoms with E-state index in [1.54, 1.807) is 17.2 Å². The zero-order valence-electron chi connectivity index (χ0n) is 20.0. The van der Waals surface area contributed by atoms with E-state index >= 15 is 0 Å². The summed E-state index contributed by atoms with van der Waals surface area (Å²) in [4.78, 5) is 31.0. The van der Waals surface area contributed by atoms with Crippen LogP contribution in [0.2, 0.25) is 0 Å². The van der Waals surface area contributed by atoms with E-state index in [4.69, 9.17) is 0 Å². The van der Waals surface area contributed by atoms with Crippen LogP contribution in [0.1, 0.15) is 51.5 Å². The van der Waals surface area contributed by atoms with Gasteiger partial charge in [0.2, 0.25) is 21.8 Å². The zero-order chi connectivity index (χ0) is 24.8. The Labute approximate surface area is 199 Å². The number of amides is 2. The van der Waals surface area contributed by atoms with E-state index in [9.17, 15) is 22.4 Å². The first kappa shape index (κ1) is 24.7. The minimum absolute atomic E-state index is 0.155. The molecule has 1 aromatic carbocycles. The van der Waals surface area contributed by atoms with Crippen molar-refractivity contribution in [1.82, 2.24) is 19.5 Å². The average Bonchev–Trinajstić information content (AvgIpc) is 3.49. The third-order valence-corrected chi connectivity index (χ3v) is 8.72. The number of carbonyl (C=O) groups is 2. The summed E-state index contributed by atoms with van der Waals surface area (Å²) in [6.07, 6.45) is 4.65. The number of aromatic nitrogens is 1. The van der Waals surface area contributed by atoms with E-state index in [1.807, 2.05) is 20.8 Å². The van der Waals surface area contributed by atoms with Crippen LogP contribution in [0.5, 0.6) is 0 Å². The molecule has 2 saturated heterocycles. The van der Waals surface area contributed by atoms with Crippen LogP contribution in [0, 0.1) is 11.7 Å². The van der Waals surface area contributed by atoms with Crippen LogP contribution >= 0.6 is 0 Å². The highest BCUT2D eigenvalue weighted by atomic mass is 32.2. The molecule has 0 unspecified atom stereocenters. The van der Waals surface area contributed by atoms with E-state index in [0.29, 0.717) is 31.3 Å². The first-order chi connectivity index (χ1) is 16.1. The van der Waals surface area contributed by atoms with Crippen molar-refractivity contribution in [1.29, 1.82) is 0 Å². The van der Waals surface area contributed by atoms with Crippen LogP contribution in [0.25, 0.3) is 10.9 Å². The highest BCUT2D eigenvalue weighted by molar-refractivity contribution is 7.88. The van der Waals surface area contributed by atoms with Crippen molar-refractivity contribution in [3.8, 4) is 0 Å². The molecule has 3 heterocycles. The molecule has 2 aliphatic rings. The van der Waals surface area contributed by atoms with Crippen molar-refractivity contribution in [2.75, 3.05) is 19.3 Å². The summed E-state index contributed by atoms with van der Waals surface area (Å²) in [5.74, 6) is -1.16. The van der Waals surface area contributed by atoms with Gasteiger partial charge in [0.15, 0.2) is 0 Å². The first-order valence-corrected chi connectivity index (χ1v) is 13.8. The molecule has 5 atom stereocenters. The predicted octanol–water partition coefficient (Wildman–Crippen LogP) is 2.58. The van der Waals surface area contributed by atoms with Gasteiger partial charge in [-0.2, -0.15) is 4.31 Å². The van der Waals surface area contributed by atoms with E-state index in [0.717, 1.165) is 10.9 Å². The standard InChI is InChI=1S/C24H33FN4O4S/c1-5-14(3)23(30)27-19(6-2)24(31)28-10-9-21-22(28)18(13-29(21)34(4,32)33)17-12-26-20-11-15(25)7-8-16(17)20/h7-8,11-12,14,18-19,21-22,26H,5-6,9-10,13H2,1-4H3,(H,27,30)/t14-,18+,19+,21-,22-/m1/s1. The fraction of sp³-hybridized carbons (Fsp3) is 0.583. The van der Waals surface area contributed by atoms with Gasteiger partial charge in [0.05, 0.1) is 12.3 Å². The molecule has 2 N–H and O–H groups in total. The Morgan fingerprint density at radius 3 is 2.65 bits per heavy atom. The molecule has 10 heteroatoms. The highest BCUT2D eigenvalue weighted by Gasteiger charge is 2.54. The molecular formula is C24H33FN4O4S. The van der Waals surface area contributed by atoms with Crippen molar-refractivity contribution in [3.05, 3.63) is 35.8 Å². The van der Waals surface area contributed by atoms with Crippen molar-refractivity contribution in [2.45, 2.75) is 64.1 Å². The van der Waals surface area contributed by atoms with E-state index < -0.39 is 16.1 Å². The number of sulfonamides is 1. The number of rotatable bonds is 7. The Hall–Kier alpha value is -2.46. The van der Waals surface area contributed by atoms with Crippen LogP contribution in [0.3, 0.4) is 0 Å². The molecule has 2 amide bonds. The van der Waals surface area contributed by atoms with Crippen molar-refractivity contribution in [3.63, 3.8) is 0 Å².